The summed E-state index contributed by atoms with van der Waals surface area (Å²) in [6.45, 7) is 7.14. The van der Waals surface area contributed by atoms with Crippen molar-refractivity contribution >= 4 is 5.96 Å². The number of hydrogen-bond acceptors (Lipinski definition) is 4. The van der Waals surface area contributed by atoms with Crippen molar-refractivity contribution in [3.05, 3.63) is 0 Å². The van der Waals surface area contributed by atoms with Crippen LogP contribution in [0, 0.1) is 11.8 Å². The Morgan fingerprint density at radius 3 is 3.00 bits per heavy atom. The molecule has 0 aromatic rings. The third kappa shape index (κ3) is 3.22. The molecular weight excluding hydrogens is 238 g/mol. The maximum atomic E-state index is 6.09. The van der Waals surface area contributed by atoms with E-state index in [1.165, 1.54) is 32.1 Å². The number of aliphatic imine (C=N–C) groups is 1. The fourth-order valence-electron chi connectivity index (χ4n) is 3.89. The van der Waals surface area contributed by atoms with Crippen molar-refractivity contribution in [1.29, 1.82) is 0 Å². The maximum absolute atomic E-state index is 6.09. The lowest BCUT2D eigenvalue weighted by Crippen LogP contribution is -2.55. The van der Waals surface area contributed by atoms with Gasteiger partial charge in [0.15, 0.2) is 5.96 Å². The Bertz CT molecular complexity index is 329. The Morgan fingerprint density at radius 2 is 2.32 bits per heavy atom. The van der Waals surface area contributed by atoms with Gasteiger partial charge in [0.05, 0.1) is 18.7 Å². The van der Waals surface area contributed by atoms with Gasteiger partial charge in [-0.15, -0.1) is 0 Å². The van der Waals surface area contributed by atoms with Gasteiger partial charge in [0.25, 0.3) is 0 Å². The van der Waals surface area contributed by atoms with Crippen LogP contribution in [0.5, 0.6) is 0 Å². The molecule has 2 aliphatic rings. The lowest BCUT2D eigenvalue weighted by molar-refractivity contribution is 0.0755. The van der Waals surface area contributed by atoms with E-state index in [4.69, 9.17) is 10.5 Å². The predicted molar refractivity (Wildman–Crippen MR) is 79.2 cm³/mol. The summed E-state index contributed by atoms with van der Waals surface area (Å²) in [4.78, 5) is 6.85. The molecule has 0 bridgehead atoms. The monoisotopic (exact) mass is 267 g/mol. The number of ether oxygens (including phenoxy) is 1. The minimum atomic E-state index is 0.195. The summed E-state index contributed by atoms with van der Waals surface area (Å²) in [5.41, 5.74) is 6.29. The Balaban J connectivity index is 2.03. The molecule has 0 aromatic carbocycles. The largest absolute Gasteiger partial charge is 0.383 e. The van der Waals surface area contributed by atoms with Crippen LogP contribution in [0.15, 0.2) is 4.99 Å². The molecule has 110 valence electrons. The van der Waals surface area contributed by atoms with Gasteiger partial charge in [-0.25, -0.2) is 0 Å². The lowest BCUT2D eigenvalue weighted by Gasteiger charge is -2.45. The van der Waals surface area contributed by atoms with Crippen molar-refractivity contribution in [2.24, 2.45) is 22.6 Å². The van der Waals surface area contributed by atoms with Crippen LogP contribution in [0.4, 0.5) is 0 Å². The zero-order valence-electron chi connectivity index (χ0n) is 12.7. The number of rotatable bonds is 5. The van der Waals surface area contributed by atoms with E-state index in [0.717, 1.165) is 37.5 Å². The first-order chi connectivity index (χ1) is 9.07. The summed E-state index contributed by atoms with van der Waals surface area (Å²) >= 11 is 0. The molecule has 1 fully saturated rings. The van der Waals surface area contributed by atoms with Gasteiger partial charge in [-0.1, -0.05) is 26.7 Å². The van der Waals surface area contributed by atoms with E-state index in [1.807, 2.05) is 0 Å². The summed E-state index contributed by atoms with van der Waals surface area (Å²) in [7, 11) is 1.75. The highest BCUT2D eigenvalue weighted by Gasteiger charge is 2.45. The average molecular weight is 267 g/mol. The molecule has 2 N–H and O–H groups in total. The van der Waals surface area contributed by atoms with Gasteiger partial charge in [-0.2, -0.15) is 0 Å². The van der Waals surface area contributed by atoms with Crippen LogP contribution in [0.3, 0.4) is 0 Å². The molecule has 4 heteroatoms. The number of guanidine groups is 1. The molecule has 2 atom stereocenters. The quantitative estimate of drug-likeness (QED) is 0.831. The SMILES string of the molecule is COCCN1C(N)=NCC12CCCC(CC(C)C)C2. The van der Waals surface area contributed by atoms with E-state index in [0.29, 0.717) is 0 Å². The van der Waals surface area contributed by atoms with Crippen molar-refractivity contribution in [2.45, 2.75) is 51.5 Å². The number of hydrogen-bond donors (Lipinski definition) is 1. The second-order valence-electron chi connectivity index (χ2n) is 6.64. The summed E-state index contributed by atoms with van der Waals surface area (Å²) in [5, 5.41) is 0. The highest BCUT2D eigenvalue weighted by Crippen LogP contribution is 2.41. The van der Waals surface area contributed by atoms with Gasteiger partial charge in [-0.05, 0) is 31.1 Å². The van der Waals surface area contributed by atoms with Crippen LogP contribution in [0.2, 0.25) is 0 Å². The standard InChI is InChI=1S/C15H29N3O/c1-12(2)9-13-5-4-6-15(10-13)11-17-14(16)18(15)7-8-19-3/h12-13H,4-11H2,1-3H3,(H2,16,17). The van der Waals surface area contributed by atoms with Crippen molar-refractivity contribution in [3.8, 4) is 0 Å². The molecule has 4 nitrogen and oxygen atoms in total. The van der Waals surface area contributed by atoms with Crippen LogP contribution in [0.25, 0.3) is 0 Å². The zero-order chi connectivity index (χ0) is 13.9. The second-order valence-corrected chi connectivity index (χ2v) is 6.64. The van der Waals surface area contributed by atoms with Gasteiger partial charge in [0.2, 0.25) is 0 Å². The molecule has 1 aliphatic heterocycles. The Hall–Kier alpha value is -0.770. The Kier molecular flexibility index (Phi) is 4.71. The molecule has 1 aliphatic carbocycles. The smallest absolute Gasteiger partial charge is 0.191 e. The zero-order valence-corrected chi connectivity index (χ0v) is 12.7. The maximum Gasteiger partial charge on any atom is 0.191 e. The minimum absolute atomic E-state index is 0.195. The summed E-state index contributed by atoms with van der Waals surface area (Å²) in [6.07, 6.45) is 6.50. The van der Waals surface area contributed by atoms with Crippen molar-refractivity contribution in [2.75, 3.05) is 26.8 Å². The molecule has 1 heterocycles. The third-order valence-corrected chi connectivity index (χ3v) is 4.63. The molecule has 19 heavy (non-hydrogen) atoms. The highest BCUT2D eigenvalue weighted by molar-refractivity contribution is 5.81. The first kappa shape index (κ1) is 14.6. The Labute approximate surface area is 117 Å². The molecule has 0 saturated heterocycles. The number of nitrogens with two attached hydrogens (primary N) is 1. The minimum Gasteiger partial charge on any atom is -0.383 e. The first-order valence-corrected chi connectivity index (χ1v) is 7.64. The van der Waals surface area contributed by atoms with E-state index in [-0.39, 0.29) is 5.54 Å². The van der Waals surface area contributed by atoms with Crippen molar-refractivity contribution in [1.82, 2.24) is 4.90 Å². The fraction of sp³-hybridized carbons (Fsp3) is 0.933. The summed E-state index contributed by atoms with van der Waals surface area (Å²) in [6, 6.07) is 0. The lowest BCUT2D eigenvalue weighted by atomic mass is 9.72. The van der Waals surface area contributed by atoms with E-state index < -0.39 is 0 Å². The highest BCUT2D eigenvalue weighted by atomic mass is 16.5. The molecule has 0 aromatic heterocycles. The van der Waals surface area contributed by atoms with Gasteiger partial charge in [-0.3, -0.25) is 4.99 Å². The normalized spacial score (nSPS) is 31.3. The van der Waals surface area contributed by atoms with Gasteiger partial charge >= 0.3 is 0 Å². The van der Waals surface area contributed by atoms with E-state index in [9.17, 15) is 0 Å². The van der Waals surface area contributed by atoms with Crippen LogP contribution in [0.1, 0.15) is 46.0 Å². The Morgan fingerprint density at radius 1 is 1.53 bits per heavy atom. The van der Waals surface area contributed by atoms with Crippen LogP contribution >= 0.6 is 0 Å². The van der Waals surface area contributed by atoms with E-state index in [2.05, 4.69) is 23.7 Å². The number of methoxy groups -OCH3 is 1. The molecular formula is C15H29N3O. The fourth-order valence-corrected chi connectivity index (χ4v) is 3.89. The van der Waals surface area contributed by atoms with Crippen LogP contribution in [-0.4, -0.2) is 43.2 Å². The van der Waals surface area contributed by atoms with E-state index in [1.54, 1.807) is 7.11 Å². The first-order valence-electron chi connectivity index (χ1n) is 7.64. The van der Waals surface area contributed by atoms with Crippen molar-refractivity contribution in [3.63, 3.8) is 0 Å². The average Bonchev–Trinajstić information content (AvgIpc) is 2.63. The molecule has 1 saturated carbocycles. The van der Waals surface area contributed by atoms with E-state index >= 15 is 0 Å². The molecule has 1 spiro atoms. The van der Waals surface area contributed by atoms with Crippen LogP contribution in [-0.2, 0) is 4.74 Å². The van der Waals surface area contributed by atoms with Crippen molar-refractivity contribution < 1.29 is 4.74 Å². The second kappa shape index (κ2) is 6.12. The summed E-state index contributed by atoms with van der Waals surface area (Å²) < 4.78 is 5.23. The molecule has 0 radical (unpaired) electrons. The van der Waals surface area contributed by atoms with Gasteiger partial charge in [0, 0.05) is 13.7 Å². The number of nitrogens with zero attached hydrogens (tertiary/aromatic N) is 2. The predicted octanol–water partition coefficient (Wildman–Crippen LogP) is 2.24. The molecule has 2 rings (SSSR count). The molecule has 2 unspecified atom stereocenters. The van der Waals surface area contributed by atoms with Crippen LogP contribution < -0.4 is 5.73 Å². The summed E-state index contributed by atoms with van der Waals surface area (Å²) in [5.74, 6) is 2.34. The van der Waals surface area contributed by atoms with Gasteiger partial charge < -0.3 is 15.4 Å². The van der Waals surface area contributed by atoms with Gasteiger partial charge in [0.1, 0.15) is 0 Å². The topological polar surface area (TPSA) is 50.9 Å². The molecule has 0 amide bonds. The third-order valence-electron chi connectivity index (χ3n) is 4.63.